The van der Waals surface area contributed by atoms with Crippen LogP contribution < -0.4 is 20.1 Å². The van der Waals surface area contributed by atoms with Crippen molar-refractivity contribution in [1.29, 1.82) is 0 Å². The maximum atomic E-state index is 5.91. The second-order valence-electron chi connectivity index (χ2n) is 5.41. The summed E-state index contributed by atoms with van der Waals surface area (Å²) in [6.07, 6.45) is 3.75. The molecule has 2 aromatic rings. The Balaban J connectivity index is 0.00000312. The number of methoxy groups -OCH3 is 1. The van der Waals surface area contributed by atoms with E-state index >= 15 is 0 Å². The molecular weight excluding hydrogens is 433 g/mol. The van der Waals surface area contributed by atoms with Gasteiger partial charge in [0.25, 0.3) is 0 Å². The van der Waals surface area contributed by atoms with Gasteiger partial charge in [-0.15, -0.1) is 24.0 Å². The molecule has 0 aliphatic rings. The molecule has 0 spiro atoms. The standard InChI is InChI=1S/C17H25N5O2.HI/c1-13(24-16-8-6-5-7-15(16)23-4)9-19-17(18-2)20-10-14-11-21-22(3)12-14;/h5-8,11-13H,9-10H2,1-4H3,(H2,18,19,20);1H. The van der Waals surface area contributed by atoms with Gasteiger partial charge in [0.2, 0.25) is 0 Å². The molecule has 7 nitrogen and oxygen atoms in total. The molecule has 0 bridgehead atoms. The minimum absolute atomic E-state index is 0. The number of aromatic nitrogens is 2. The van der Waals surface area contributed by atoms with Crippen molar-refractivity contribution in [3.8, 4) is 11.5 Å². The van der Waals surface area contributed by atoms with Crippen LogP contribution in [0.15, 0.2) is 41.7 Å². The quantitative estimate of drug-likeness (QED) is 0.378. The van der Waals surface area contributed by atoms with E-state index in [2.05, 4.69) is 20.7 Å². The van der Waals surface area contributed by atoms with Crippen molar-refractivity contribution in [2.24, 2.45) is 12.0 Å². The van der Waals surface area contributed by atoms with Gasteiger partial charge in [-0.05, 0) is 19.1 Å². The van der Waals surface area contributed by atoms with Gasteiger partial charge in [0.05, 0.1) is 19.9 Å². The third-order valence-corrected chi connectivity index (χ3v) is 3.40. The molecule has 1 atom stereocenters. The fraction of sp³-hybridized carbons (Fsp3) is 0.412. The fourth-order valence-corrected chi connectivity index (χ4v) is 2.18. The van der Waals surface area contributed by atoms with E-state index in [1.807, 2.05) is 50.6 Å². The molecule has 138 valence electrons. The van der Waals surface area contributed by atoms with Gasteiger partial charge in [0.15, 0.2) is 17.5 Å². The van der Waals surface area contributed by atoms with E-state index in [-0.39, 0.29) is 30.1 Å². The summed E-state index contributed by atoms with van der Waals surface area (Å²) in [6.45, 7) is 3.27. The topological polar surface area (TPSA) is 72.7 Å². The molecule has 1 unspecified atom stereocenters. The lowest BCUT2D eigenvalue weighted by Crippen LogP contribution is -2.41. The van der Waals surface area contributed by atoms with Crippen molar-refractivity contribution >= 4 is 29.9 Å². The molecule has 2 rings (SSSR count). The molecule has 0 radical (unpaired) electrons. The number of hydrogen-bond acceptors (Lipinski definition) is 4. The minimum Gasteiger partial charge on any atom is -0.493 e. The highest BCUT2D eigenvalue weighted by Crippen LogP contribution is 2.26. The lowest BCUT2D eigenvalue weighted by Gasteiger charge is -2.18. The molecular formula is C17H26IN5O2. The Hall–Kier alpha value is -1.97. The Morgan fingerprint density at radius 1 is 1.28 bits per heavy atom. The summed E-state index contributed by atoms with van der Waals surface area (Å²) < 4.78 is 13.0. The zero-order valence-electron chi connectivity index (χ0n) is 15.0. The molecule has 25 heavy (non-hydrogen) atoms. The average Bonchev–Trinajstić information content (AvgIpc) is 3.01. The minimum atomic E-state index is -0.0433. The summed E-state index contributed by atoms with van der Waals surface area (Å²) >= 11 is 0. The number of hydrogen-bond donors (Lipinski definition) is 2. The van der Waals surface area contributed by atoms with E-state index in [1.54, 1.807) is 18.8 Å². The summed E-state index contributed by atoms with van der Waals surface area (Å²) in [5.41, 5.74) is 1.10. The monoisotopic (exact) mass is 459 g/mol. The number of nitrogens with zero attached hydrogens (tertiary/aromatic N) is 3. The maximum Gasteiger partial charge on any atom is 0.191 e. The molecule has 0 saturated heterocycles. The van der Waals surface area contributed by atoms with Crippen molar-refractivity contribution in [1.82, 2.24) is 20.4 Å². The van der Waals surface area contributed by atoms with Crippen molar-refractivity contribution in [2.45, 2.75) is 19.6 Å². The fourth-order valence-electron chi connectivity index (χ4n) is 2.18. The predicted octanol–water partition coefficient (Wildman–Crippen LogP) is 2.18. The number of guanidine groups is 1. The molecule has 0 fully saturated rings. The third-order valence-electron chi connectivity index (χ3n) is 3.40. The normalized spacial score (nSPS) is 12.1. The molecule has 8 heteroatoms. The lowest BCUT2D eigenvalue weighted by molar-refractivity contribution is 0.213. The first-order valence-corrected chi connectivity index (χ1v) is 7.84. The maximum absolute atomic E-state index is 5.91. The van der Waals surface area contributed by atoms with Gasteiger partial charge in [0, 0.05) is 32.4 Å². The number of ether oxygens (including phenoxy) is 2. The van der Waals surface area contributed by atoms with Crippen LogP contribution in [-0.2, 0) is 13.6 Å². The van der Waals surface area contributed by atoms with E-state index in [0.717, 1.165) is 17.1 Å². The number of aliphatic imine (C=N–C) groups is 1. The summed E-state index contributed by atoms with van der Waals surface area (Å²) in [6, 6.07) is 7.61. The van der Waals surface area contributed by atoms with Gasteiger partial charge in [-0.3, -0.25) is 9.67 Å². The van der Waals surface area contributed by atoms with Crippen molar-refractivity contribution in [2.75, 3.05) is 20.7 Å². The van der Waals surface area contributed by atoms with Gasteiger partial charge in [-0.1, -0.05) is 12.1 Å². The van der Waals surface area contributed by atoms with Crippen LogP contribution in [0.25, 0.3) is 0 Å². The first kappa shape index (κ1) is 21.1. The van der Waals surface area contributed by atoms with E-state index in [0.29, 0.717) is 19.0 Å². The van der Waals surface area contributed by atoms with E-state index in [4.69, 9.17) is 9.47 Å². The molecule has 1 aromatic carbocycles. The summed E-state index contributed by atoms with van der Waals surface area (Å²) in [4.78, 5) is 4.21. The molecule has 0 saturated carbocycles. The van der Waals surface area contributed by atoms with Gasteiger partial charge < -0.3 is 20.1 Å². The van der Waals surface area contributed by atoms with Crippen LogP contribution in [-0.4, -0.2) is 42.5 Å². The Kier molecular flexibility index (Phi) is 9.11. The highest BCUT2D eigenvalue weighted by Gasteiger charge is 2.09. The molecule has 1 aromatic heterocycles. The predicted molar refractivity (Wildman–Crippen MR) is 110 cm³/mol. The largest absolute Gasteiger partial charge is 0.493 e. The molecule has 0 aliphatic heterocycles. The highest BCUT2D eigenvalue weighted by atomic mass is 127. The number of para-hydroxylation sites is 2. The smallest absolute Gasteiger partial charge is 0.191 e. The number of benzene rings is 1. The Labute approximate surface area is 165 Å². The number of halogens is 1. The third kappa shape index (κ3) is 6.81. The Morgan fingerprint density at radius 2 is 2.00 bits per heavy atom. The lowest BCUT2D eigenvalue weighted by atomic mass is 10.3. The second-order valence-corrected chi connectivity index (χ2v) is 5.41. The molecule has 1 heterocycles. The summed E-state index contributed by atoms with van der Waals surface area (Å²) in [5, 5.41) is 10.6. The van der Waals surface area contributed by atoms with Crippen LogP contribution in [0.3, 0.4) is 0 Å². The SMILES string of the molecule is CN=C(NCc1cnn(C)c1)NCC(C)Oc1ccccc1OC.I. The van der Waals surface area contributed by atoms with Gasteiger partial charge in [0.1, 0.15) is 6.10 Å². The highest BCUT2D eigenvalue weighted by molar-refractivity contribution is 14.0. The van der Waals surface area contributed by atoms with Gasteiger partial charge >= 0.3 is 0 Å². The van der Waals surface area contributed by atoms with Crippen LogP contribution in [0.4, 0.5) is 0 Å². The number of aryl methyl sites for hydroxylation is 1. The van der Waals surface area contributed by atoms with Crippen LogP contribution in [0, 0.1) is 0 Å². The van der Waals surface area contributed by atoms with Crippen LogP contribution in [0.1, 0.15) is 12.5 Å². The molecule has 0 amide bonds. The zero-order chi connectivity index (χ0) is 17.4. The zero-order valence-corrected chi connectivity index (χ0v) is 17.4. The molecule has 2 N–H and O–H groups in total. The van der Waals surface area contributed by atoms with Crippen LogP contribution in [0.2, 0.25) is 0 Å². The average molecular weight is 459 g/mol. The van der Waals surface area contributed by atoms with Crippen LogP contribution >= 0.6 is 24.0 Å². The van der Waals surface area contributed by atoms with Crippen LogP contribution in [0.5, 0.6) is 11.5 Å². The Bertz CT molecular complexity index is 675. The number of nitrogens with one attached hydrogen (secondary N) is 2. The number of rotatable bonds is 7. The first-order valence-electron chi connectivity index (χ1n) is 7.84. The van der Waals surface area contributed by atoms with Crippen molar-refractivity contribution < 1.29 is 9.47 Å². The van der Waals surface area contributed by atoms with Gasteiger partial charge in [-0.2, -0.15) is 5.10 Å². The van der Waals surface area contributed by atoms with Crippen molar-refractivity contribution in [3.05, 3.63) is 42.2 Å². The molecule has 0 aliphatic carbocycles. The Morgan fingerprint density at radius 3 is 2.60 bits per heavy atom. The van der Waals surface area contributed by atoms with E-state index in [1.165, 1.54) is 0 Å². The summed E-state index contributed by atoms with van der Waals surface area (Å²) in [5.74, 6) is 2.17. The summed E-state index contributed by atoms with van der Waals surface area (Å²) in [7, 11) is 5.27. The van der Waals surface area contributed by atoms with Crippen molar-refractivity contribution in [3.63, 3.8) is 0 Å². The first-order chi connectivity index (χ1) is 11.6. The van der Waals surface area contributed by atoms with E-state index < -0.39 is 0 Å². The van der Waals surface area contributed by atoms with E-state index in [9.17, 15) is 0 Å². The van der Waals surface area contributed by atoms with Gasteiger partial charge in [-0.25, -0.2) is 0 Å². The second kappa shape index (κ2) is 10.8.